The molecule has 0 amide bonds. The van der Waals surface area contributed by atoms with Gasteiger partial charge in [-0.25, -0.2) is 0 Å². The van der Waals surface area contributed by atoms with Gasteiger partial charge in [0.15, 0.2) is 0 Å². The van der Waals surface area contributed by atoms with Crippen LogP contribution in [-0.4, -0.2) is 44.9 Å². The molecule has 18 heavy (non-hydrogen) atoms. The normalized spacial score (nSPS) is 40.1. The number of hydrogen-bond acceptors (Lipinski definition) is 3. The third-order valence-corrected chi connectivity index (χ3v) is 5.92. The summed E-state index contributed by atoms with van der Waals surface area (Å²) in [4.78, 5) is 0. The molecule has 2 heterocycles. The molecule has 3 fully saturated rings. The number of hydrogen-bond donors (Lipinski definition) is 2. The van der Waals surface area contributed by atoms with E-state index < -0.39 is 10.2 Å². The van der Waals surface area contributed by atoms with Crippen LogP contribution in [-0.2, 0) is 10.2 Å². The first-order chi connectivity index (χ1) is 8.08. The maximum atomic E-state index is 12.2. The van der Waals surface area contributed by atoms with Gasteiger partial charge < -0.3 is 5.32 Å². The average Bonchev–Trinajstić information content (AvgIpc) is 2.75. The molecule has 3 unspecified atom stereocenters. The van der Waals surface area contributed by atoms with E-state index in [0.29, 0.717) is 30.8 Å². The Hall–Kier alpha value is 0.120. The predicted molar refractivity (Wildman–Crippen MR) is 72.9 cm³/mol. The summed E-state index contributed by atoms with van der Waals surface area (Å²) < 4.78 is 28.9. The van der Waals surface area contributed by atoms with Gasteiger partial charge in [0.1, 0.15) is 0 Å². The van der Waals surface area contributed by atoms with Crippen LogP contribution in [0.25, 0.3) is 0 Å². The van der Waals surface area contributed by atoms with Crippen LogP contribution in [0, 0.1) is 17.8 Å². The Morgan fingerprint density at radius 1 is 1.28 bits per heavy atom. The van der Waals surface area contributed by atoms with Gasteiger partial charge in [-0.3, -0.25) is 0 Å². The second-order valence-corrected chi connectivity index (χ2v) is 7.44. The molecule has 1 saturated carbocycles. The van der Waals surface area contributed by atoms with Crippen molar-refractivity contribution in [2.75, 3.05) is 26.2 Å². The van der Waals surface area contributed by atoms with Crippen molar-refractivity contribution in [2.24, 2.45) is 17.8 Å². The van der Waals surface area contributed by atoms with E-state index in [4.69, 9.17) is 0 Å². The molecule has 0 aromatic carbocycles. The minimum atomic E-state index is -3.24. The molecule has 0 aromatic rings. The molecule has 0 radical (unpaired) electrons. The quantitative estimate of drug-likeness (QED) is 0.781. The lowest BCUT2D eigenvalue weighted by Crippen LogP contribution is -2.47. The zero-order valence-electron chi connectivity index (χ0n) is 10.6. The lowest BCUT2D eigenvalue weighted by Gasteiger charge is -2.30. The molecule has 3 aliphatic rings. The van der Waals surface area contributed by atoms with Crippen LogP contribution in [0.1, 0.15) is 19.8 Å². The van der Waals surface area contributed by atoms with Gasteiger partial charge >= 0.3 is 0 Å². The molecule has 2 N–H and O–H groups in total. The summed E-state index contributed by atoms with van der Waals surface area (Å²) in [6, 6.07) is 0.193. The van der Waals surface area contributed by atoms with E-state index in [0.717, 1.165) is 25.9 Å². The number of nitrogens with zero attached hydrogens (tertiary/aromatic N) is 1. The summed E-state index contributed by atoms with van der Waals surface area (Å²) in [7, 11) is -3.24. The molecule has 2 aliphatic heterocycles. The first-order valence-electron chi connectivity index (χ1n) is 6.56. The van der Waals surface area contributed by atoms with Crippen molar-refractivity contribution < 1.29 is 8.42 Å². The third-order valence-electron chi connectivity index (χ3n) is 4.34. The van der Waals surface area contributed by atoms with E-state index in [1.807, 2.05) is 0 Å². The lowest BCUT2D eigenvalue weighted by atomic mass is 10.0. The Balaban J connectivity index is 0.00000120. The standard InChI is InChI=1S/C11H21N3O2S.ClH/c1-8-3-2-4-14(7-8)17(15,16)13-11-9-5-12-6-10(9)11;/h8-13H,2-7H2,1H3;1H. The molecular formula is C11H22ClN3O2S. The second kappa shape index (κ2) is 5.25. The predicted octanol–water partition coefficient (Wildman–Crippen LogP) is 0.192. The molecule has 3 rings (SSSR count). The summed E-state index contributed by atoms with van der Waals surface area (Å²) in [6.07, 6.45) is 2.13. The van der Waals surface area contributed by atoms with E-state index >= 15 is 0 Å². The molecule has 2 saturated heterocycles. The van der Waals surface area contributed by atoms with Gasteiger partial charge in [0.25, 0.3) is 10.2 Å². The average molecular weight is 296 g/mol. The Morgan fingerprint density at radius 2 is 1.94 bits per heavy atom. The van der Waals surface area contributed by atoms with Gasteiger partial charge in [0.05, 0.1) is 0 Å². The van der Waals surface area contributed by atoms with E-state index in [9.17, 15) is 8.42 Å². The van der Waals surface area contributed by atoms with Crippen molar-refractivity contribution in [3.63, 3.8) is 0 Å². The summed E-state index contributed by atoms with van der Waals surface area (Å²) >= 11 is 0. The zero-order valence-corrected chi connectivity index (χ0v) is 12.3. The second-order valence-electron chi connectivity index (χ2n) is 5.74. The van der Waals surface area contributed by atoms with Crippen LogP contribution >= 0.6 is 12.4 Å². The molecule has 0 bridgehead atoms. The number of nitrogens with one attached hydrogen (secondary N) is 2. The van der Waals surface area contributed by atoms with Crippen LogP contribution in [0.5, 0.6) is 0 Å². The van der Waals surface area contributed by atoms with Crippen molar-refractivity contribution in [2.45, 2.75) is 25.8 Å². The van der Waals surface area contributed by atoms with Crippen molar-refractivity contribution in [3.05, 3.63) is 0 Å². The Bertz CT molecular complexity index is 393. The first-order valence-corrected chi connectivity index (χ1v) is 8.00. The highest BCUT2D eigenvalue weighted by molar-refractivity contribution is 7.87. The molecule has 7 heteroatoms. The monoisotopic (exact) mass is 295 g/mol. The molecular weight excluding hydrogens is 274 g/mol. The smallest absolute Gasteiger partial charge is 0.279 e. The van der Waals surface area contributed by atoms with Gasteiger partial charge in [-0.05, 0) is 43.7 Å². The maximum Gasteiger partial charge on any atom is 0.279 e. The Kier molecular flexibility index (Phi) is 4.23. The molecule has 106 valence electrons. The van der Waals surface area contributed by atoms with Crippen molar-refractivity contribution in [3.8, 4) is 0 Å². The van der Waals surface area contributed by atoms with Crippen LogP contribution < -0.4 is 10.0 Å². The highest BCUT2D eigenvalue weighted by Crippen LogP contribution is 2.42. The van der Waals surface area contributed by atoms with Crippen molar-refractivity contribution in [1.82, 2.24) is 14.3 Å². The molecule has 1 aliphatic carbocycles. The van der Waals surface area contributed by atoms with Gasteiger partial charge in [-0.2, -0.15) is 17.4 Å². The van der Waals surface area contributed by atoms with E-state index in [2.05, 4.69) is 17.0 Å². The van der Waals surface area contributed by atoms with Crippen molar-refractivity contribution >= 4 is 22.6 Å². The Morgan fingerprint density at radius 3 is 2.56 bits per heavy atom. The SMILES string of the molecule is CC1CCCN(S(=O)(=O)NC2C3CNCC32)C1.Cl. The van der Waals surface area contributed by atoms with Gasteiger partial charge in [-0.15, -0.1) is 12.4 Å². The number of piperidine rings is 2. The van der Waals surface area contributed by atoms with Crippen LogP contribution in [0.2, 0.25) is 0 Å². The van der Waals surface area contributed by atoms with Crippen LogP contribution in [0.15, 0.2) is 0 Å². The minimum Gasteiger partial charge on any atom is -0.316 e. The summed E-state index contributed by atoms with van der Waals surface area (Å²) in [5.74, 6) is 1.56. The van der Waals surface area contributed by atoms with E-state index in [1.54, 1.807) is 4.31 Å². The molecule has 0 spiro atoms. The van der Waals surface area contributed by atoms with Gasteiger partial charge in [0, 0.05) is 19.1 Å². The fourth-order valence-corrected chi connectivity index (χ4v) is 4.87. The number of halogens is 1. The number of fused-ring (bicyclic) bond motifs is 1. The third kappa shape index (κ3) is 2.67. The Labute approximate surface area is 115 Å². The maximum absolute atomic E-state index is 12.2. The summed E-state index contributed by atoms with van der Waals surface area (Å²) in [5, 5.41) is 3.28. The van der Waals surface area contributed by atoms with Crippen molar-refractivity contribution in [1.29, 1.82) is 0 Å². The van der Waals surface area contributed by atoms with Crippen LogP contribution in [0.3, 0.4) is 0 Å². The fourth-order valence-electron chi connectivity index (χ4n) is 3.20. The molecule has 3 atom stereocenters. The lowest BCUT2D eigenvalue weighted by molar-refractivity contribution is 0.277. The summed E-state index contributed by atoms with van der Waals surface area (Å²) in [5.41, 5.74) is 0. The minimum absolute atomic E-state index is 0. The van der Waals surface area contributed by atoms with E-state index in [-0.39, 0.29) is 18.4 Å². The highest BCUT2D eigenvalue weighted by atomic mass is 35.5. The van der Waals surface area contributed by atoms with E-state index in [1.165, 1.54) is 0 Å². The first kappa shape index (κ1) is 14.5. The largest absolute Gasteiger partial charge is 0.316 e. The van der Waals surface area contributed by atoms with Gasteiger partial charge in [-0.1, -0.05) is 6.92 Å². The van der Waals surface area contributed by atoms with Crippen LogP contribution in [0.4, 0.5) is 0 Å². The fraction of sp³-hybridized carbons (Fsp3) is 1.00. The number of rotatable bonds is 3. The molecule has 5 nitrogen and oxygen atoms in total. The topological polar surface area (TPSA) is 61.4 Å². The summed E-state index contributed by atoms with van der Waals surface area (Å²) in [6.45, 7) is 5.41. The zero-order chi connectivity index (χ0) is 12.0. The molecule has 0 aromatic heterocycles. The highest BCUT2D eigenvalue weighted by Gasteiger charge is 2.54. The van der Waals surface area contributed by atoms with Gasteiger partial charge in [0.2, 0.25) is 0 Å².